The molecule has 0 aliphatic heterocycles. The Morgan fingerprint density at radius 1 is 1.24 bits per heavy atom. The Bertz CT molecular complexity index is 327. The Morgan fingerprint density at radius 2 is 1.94 bits per heavy atom. The number of carbonyl (C=O) groups is 2. The quantitative estimate of drug-likeness (QED) is 0.745. The maximum absolute atomic E-state index is 12.1. The van der Waals surface area contributed by atoms with Crippen LogP contribution in [0, 0.1) is 17.8 Å². The van der Waals surface area contributed by atoms with Crippen LogP contribution in [-0.2, 0) is 9.59 Å². The van der Waals surface area contributed by atoms with E-state index in [4.69, 9.17) is 0 Å². The van der Waals surface area contributed by atoms with Gasteiger partial charge in [0.2, 0.25) is 11.8 Å². The van der Waals surface area contributed by atoms with Crippen molar-refractivity contribution in [1.82, 2.24) is 10.4 Å². The van der Waals surface area contributed by atoms with Crippen LogP contribution in [0.1, 0.15) is 46.5 Å². The predicted octanol–water partition coefficient (Wildman–Crippen LogP) is 1.71. The molecule has 0 aromatic carbocycles. The number of amides is 2. The number of carbonyl (C=O) groups excluding carboxylic acids is 2. The van der Waals surface area contributed by atoms with E-state index in [1.807, 2.05) is 13.8 Å². The van der Waals surface area contributed by atoms with E-state index < -0.39 is 0 Å². The molecule has 0 saturated heterocycles. The molecule has 0 aromatic rings. The van der Waals surface area contributed by atoms with Gasteiger partial charge in [-0.05, 0) is 44.9 Å². The SMILES string of the molecule is CC(=O)N(NC(=O)[C@H]1C[C@H]2CC[C@@H]1C2)C(C)C. The van der Waals surface area contributed by atoms with Crippen LogP contribution in [0.3, 0.4) is 0 Å². The highest BCUT2D eigenvalue weighted by atomic mass is 16.2. The minimum atomic E-state index is -0.100. The average molecular weight is 238 g/mol. The van der Waals surface area contributed by atoms with Gasteiger partial charge in [0.15, 0.2) is 0 Å². The molecule has 96 valence electrons. The number of fused-ring (bicyclic) bond motifs is 2. The Hall–Kier alpha value is -1.06. The third kappa shape index (κ3) is 2.45. The lowest BCUT2D eigenvalue weighted by atomic mass is 9.88. The van der Waals surface area contributed by atoms with Crippen molar-refractivity contribution < 1.29 is 9.59 Å². The van der Waals surface area contributed by atoms with Crippen molar-refractivity contribution in [1.29, 1.82) is 0 Å². The molecule has 4 nitrogen and oxygen atoms in total. The summed E-state index contributed by atoms with van der Waals surface area (Å²) in [6, 6.07) is 0.00930. The standard InChI is InChI=1S/C13H22N2O2/c1-8(2)15(9(3)16)14-13(17)12-7-10-4-5-11(12)6-10/h8,10-12H,4-7H2,1-3H3,(H,14,17)/t10-,11+,12-/m0/s1. The molecule has 4 heteroatoms. The zero-order valence-corrected chi connectivity index (χ0v) is 10.9. The molecule has 2 saturated carbocycles. The molecule has 2 rings (SSSR count). The minimum Gasteiger partial charge on any atom is -0.273 e. The van der Waals surface area contributed by atoms with Gasteiger partial charge in [-0.15, -0.1) is 0 Å². The van der Waals surface area contributed by atoms with Crippen LogP contribution in [0.5, 0.6) is 0 Å². The Kier molecular flexibility index (Phi) is 3.40. The predicted molar refractivity (Wildman–Crippen MR) is 64.7 cm³/mol. The van der Waals surface area contributed by atoms with E-state index in [1.165, 1.54) is 31.2 Å². The van der Waals surface area contributed by atoms with Gasteiger partial charge < -0.3 is 0 Å². The smallest absolute Gasteiger partial charge is 0.241 e. The summed E-state index contributed by atoms with van der Waals surface area (Å²) in [4.78, 5) is 23.6. The number of hydrogen-bond donors (Lipinski definition) is 1. The lowest BCUT2D eigenvalue weighted by Crippen LogP contribution is -2.51. The molecule has 0 aromatic heterocycles. The molecule has 17 heavy (non-hydrogen) atoms. The van der Waals surface area contributed by atoms with Crippen LogP contribution in [0.2, 0.25) is 0 Å². The van der Waals surface area contributed by atoms with E-state index in [0.717, 1.165) is 12.3 Å². The van der Waals surface area contributed by atoms with E-state index in [1.54, 1.807) is 0 Å². The molecule has 0 spiro atoms. The van der Waals surface area contributed by atoms with Gasteiger partial charge in [-0.1, -0.05) is 6.42 Å². The second-order valence-corrected chi connectivity index (χ2v) is 5.74. The molecule has 1 N–H and O–H groups in total. The number of nitrogens with one attached hydrogen (secondary N) is 1. The molecule has 0 heterocycles. The van der Waals surface area contributed by atoms with Gasteiger partial charge in [0, 0.05) is 18.9 Å². The average Bonchev–Trinajstić information content (AvgIpc) is 2.85. The molecule has 2 fully saturated rings. The normalized spacial score (nSPS) is 30.7. The summed E-state index contributed by atoms with van der Waals surface area (Å²) in [5, 5.41) is 1.44. The molecule has 2 aliphatic carbocycles. The summed E-state index contributed by atoms with van der Waals surface area (Å²) in [5.74, 6) is 1.38. The Morgan fingerprint density at radius 3 is 2.35 bits per heavy atom. The van der Waals surface area contributed by atoms with Gasteiger partial charge in [0.1, 0.15) is 0 Å². The van der Waals surface area contributed by atoms with Crippen LogP contribution in [0.4, 0.5) is 0 Å². The van der Waals surface area contributed by atoms with Gasteiger partial charge in [0.05, 0.1) is 0 Å². The first-order valence-electron chi connectivity index (χ1n) is 6.59. The van der Waals surface area contributed by atoms with E-state index in [-0.39, 0.29) is 23.8 Å². The molecule has 2 amide bonds. The topological polar surface area (TPSA) is 49.4 Å². The zero-order valence-electron chi connectivity index (χ0n) is 10.9. The van der Waals surface area contributed by atoms with Gasteiger partial charge in [-0.2, -0.15) is 0 Å². The van der Waals surface area contributed by atoms with E-state index in [2.05, 4.69) is 5.43 Å². The summed E-state index contributed by atoms with van der Waals surface area (Å²) in [5.41, 5.74) is 2.79. The Labute approximate surface area is 103 Å². The third-order valence-corrected chi connectivity index (χ3v) is 4.16. The van der Waals surface area contributed by atoms with Crippen molar-refractivity contribution in [3.63, 3.8) is 0 Å². The van der Waals surface area contributed by atoms with Crippen LogP contribution in [0.15, 0.2) is 0 Å². The number of nitrogens with zero attached hydrogens (tertiary/aromatic N) is 1. The van der Waals surface area contributed by atoms with Crippen LogP contribution < -0.4 is 5.43 Å². The monoisotopic (exact) mass is 238 g/mol. The summed E-state index contributed by atoms with van der Waals surface area (Å²) in [6.45, 7) is 5.30. The largest absolute Gasteiger partial charge is 0.273 e. The Balaban J connectivity index is 1.94. The van der Waals surface area contributed by atoms with E-state index in [0.29, 0.717) is 5.92 Å². The summed E-state index contributed by atoms with van der Waals surface area (Å²) < 4.78 is 0. The highest BCUT2D eigenvalue weighted by molar-refractivity contribution is 5.83. The maximum atomic E-state index is 12.1. The molecular weight excluding hydrogens is 216 g/mol. The van der Waals surface area contributed by atoms with Crippen molar-refractivity contribution in [3.05, 3.63) is 0 Å². The number of hydrogen-bond acceptors (Lipinski definition) is 2. The van der Waals surface area contributed by atoms with E-state index in [9.17, 15) is 9.59 Å². The minimum absolute atomic E-state index is 0.00930. The van der Waals surface area contributed by atoms with Crippen molar-refractivity contribution in [2.75, 3.05) is 0 Å². The second kappa shape index (κ2) is 4.67. The molecule has 0 unspecified atom stereocenters. The first-order valence-corrected chi connectivity index (χ1v) is 6.59. The van der Waals surface area contributed by atoms with E-state index >= 15 is 0 Å². The van der Waals surface area contributed by atoms with Gasteiger partial charge in [-0.25, -0.2) is 0 Å². The van der Waals surface area contributed by atoms with Crippen molar-refractivity contribution in [3.8, 4) is 0 Å². The first-order chi connectivity index (χ1) is 7.99. The molecule has 2 aliphatic rings. The maximum Gasteiger partial charge on any atom is 0.241 e. The fraction of sp³-hybridized carbons (Fsp3) is 0.846. The highest BCUT2D eigenvalue weighted by Crippen LogP contribution is 2.48. The van der Waals surface area contributed by atoms with Crippen LogP contribution >= 0.6 is 0 Å². The summed E-state index contributed by atoms with van der Waals surface area (Å²) >= 11 is 0. The van der Waals surface area contributed by atoms with Gasteiger partial charge in [-0.3, -0.25) is 20.0 Å². The first kappa shape index (κ1) is 12.4. The van der Waals surface area contributed by atoms with Crippen LogP contribution in [0.25, 0.3) is 0 Å². The lowest BCUT2D eigenvalue weighted by molar-refractivity contribution is -0.144. The van der Waals surface area contributed by atoms with Crippen molar-refractivity contribution in [2.45, 2.75) is 52.5 Å². The lowest BCUT2D eigenvalue weighted by Gasteiger charge is -2.29. The number of hydrazine groups is 1. The van der Waals surface area contributed by atoms with Gasteiger partial charge in [0.25, 0.3) is 0 Å². The molecular formula is C13H22N2O2. The number of rotatable bonds is 2. The fourth-order valence-electron chi connectivity index (χ4n) is 3.34. The summed E-state index contributed by atoms with van der Waals surface area (Å²) in [7, 11) is 0. The van der Waals surface area contributed by atoms with Crippen molar-refractivity contribution in [2.24, 2.45) is 17.8 Å². The summed E-state index contributed by atoms with van der Waals surface area (Å²) in [6.07, 6.45) is 4.69. The van der Waals surface area contributed by atoms with Crippen LogP contribution in [-0.4, -0.2) is 22.9 Å². The third-order valence-electron chi connectivity index (χ3n) is 4.16. The van der Waals surface area contributed by atoms with Gasteiger partial charge >= 0.3 is 0 Å². The highest BCUT2D eigenvalue weighted by Gasteiger charge is 2.43. The molecule has 0 radical (unpaired) electrons. The van der Waals surface area contributed by atoms with Crippen molar-refractivity contribution >= 4 is 11.8 Å². The molecule has 2 bridgehead atoms. The fourth-order valence-corrected chi connectivity index (χ4v) is 3.34. The second-order valence-electron chi connectivity index (χ2n) is 5.74. The zero-order chi connectivity index (χ0) is 12.6. The molecule has 3 atom stereocenters.